The quantitative estimate of drug-likeness (QED) is 0.378. The van der Waals surface area contributed by atoms with Crippen LogP contribution in [0, 0.1) is 0 Å². The lowest BCUT2D eigenvalue weighted by Crippen LogP contribution is -2.49. The standard InChI is InChI=1S/C27H34F4N2O3/c1-4-5-6-19-7-13-22(14-8-19)32-25(34)36-24(26(2,3)28)18-33-15-16-35-23(17-33)20-9-11-21(12-10-20)27(29,30)31/h7-14,23-24H,4-6,15-18H2,1-3H3,(H,32,34). The van der Waals surface area contributed by atoms with Gasteiger partial charge >= 0.3 is 12.3 Å². The molecule has 2 atom stereocenters. The summed E-state index contributed by atoms with van der Waals surface area (Å²) in [7, 11) is 0. The average Bonchev–Trinajstić information content (AvgIpc) is 2.82. The first-order valence-corrected chi connectivity index (χ1v) is 12.2. The van der Waals surface area contributed by atoms with Gasteiger partial charge in [0, 0.05) is 25.3 Å². The minimum absolute atomic E-state index is 0.118. The molecule has 0 spiro atoms. The number of aryl methyl sites for hydroxylation is 1. The summed E-state index contributed by atoms with van der Waals surface area (Å²) in [6.45, 7) is 6.08. The van der Waals surface area contributed by atoms with E-state index in [9.17, 15) is 22.4 Å². The van der Waals surface area contributed by atoms with E-state index in [1.54, 1.807) is 12.1 Å². The van der Waals surface area contributed by atoms with Crippen LogP contribution in [0.4, 0.5) is 28.0 Å². The number of ether oxygens (including phenoxy) is 2. The van der Waals surface area contributed by atoms with Gasteiger partial charge in [0.1, 0.15) is 11.8 Å². The first-order valence-electron chi connectivity index (χ1n) is 12.2. The highest BCUT2D eigenvalue weighted by molar-refractivity contribution is 5.84. The molecular weight excluding hydrogens is 476 g/mol. The van der Waals surface area contributed by atoms with Crippen LogP contribution < -0.4 is 5.32 Å². The predicted molar refractivity (Wildman–Crippen MR) is 131 cm³/mol. The molecule has 3 rings (SSSR count). The molecule has 1 heterocycles. The Balaban J connectivity index is 1.59. The lowest BCUT2D eigenvalue weighted by Gasteiger charge is -2.37. The van der Waals surface area contributed by atoms with Crippen LogP contribution in [0.2, 0.25) is 0 Å². The van der Waals surface area contributed by atoms with E-state index in [-0.39, 0.29) is 6.54 Å². The summed E-state index contributed by atoms with van der Waals surface area (Å²) in [5, 5.41) is 2.65. The van der Waals surface area contributed by atoms with Crippen LogP contribution in [0.15, 0.2) is 48.5 Å². The zero-order valence-corrected chi connectivity index (χ0v) is 20.9. The number of anilines is 1. The van der Waals surface area contributed by atoms with Gasteiger partial charge in [-0.3, -0.25) is 10.2 Å². The van der Waals surface area contributed by atoms with E-state index in [2.05, 4.69) is 12.2 Å². The molecule has 0 saturated carbocycles. The van der Waals surface area contributed by atoms with Gasteiger partial charge < -0.3 is 9.47 Å². The monoisotopic (exact) mass is 510 g/mol. The number of nitrogens with zero attached hydrogens (tertiary/aromatic N) is 1. The van der Waals surface area contributed by atoms with Crippen molar-refractivity contribution in [1.29, 1.82) is 0 Å². The van der Waals surface area contributed by atoms with E-state index in [1.165, 1.54) is 31.5 Å². The molecule has 2 aromatic carbocycles. The van der Waals surface area contributed by atoms with E-state index >= 15 is 0 Å². The van der Waals surface area contributed by atoms with Crippen LogP contribution in [-0.4, -0.2) is 49.0 Å². The molecule has 0 radical (unpaired) electrons. The zero-order chi connectivity index (χ0) is 26.3. The lowest BCUT2D eigenvalue weighted by atomic mass is 10.0. The van der Waals surface area contributed by atoms with Crippen molar-refractivity contribution < 1.29 is 31.8 Å². The lowest BCUT2D eigenvalue weighted by molar-refractivity contribution is -0.137. The van der Waals surface area contributed by atoms with Crippen molar-refractivity contribution in [3.8, 4) is 0 Å². The summed E-state index contributed by atoms with van der Waals surface area (Å²) >= 11 is 0. The maximum atomic E-state index is 15.0. The second kappa shape index (κ2) is 12.1. The first-order chi connectivity index (χ1) is 17.0. The van der Waals surface area contributed by atoms with Gasteiger partial charge in [0.2, 0.25) is 0 Å². The predicted octanol–water partition coefficient (Wildman–Crippen LogP) is 6.79. The Morgan fingerprint density at radius 1 is 1.11 bits per heavy atom. The highest BCUT2D eigenvalue weighted by Gasteiger charge is 2.36. The summed E-state index contributed by atoms with van der Waals surface area (Å²) in [6.07, 6.45) is -3.54. The Labute approximate surface area is 209 Å². The molecule has 5 nitrogen and oxygen atoms in total. The van der Waals surface area contributed by atoms with Crippen molar-refractivity contribution in [2.24, 2.45) is 0 Å². The fraction of sp³-hybridized carbons (Fsp3) is 0.519. The third-order valence-corrected chi connectivity index (χ3v) is 6.22. The van der Waals surface area contributed by atoms with Crippen LogP contribution in [0.1, 0.15) is 56.4 Å². The number of benzene rings is 2. The molecule has 1 fully saturated rings. The normalized spacial score (nSPS) is 18.0. The molecule has 1 aliphatic rings. The molecule has 198 valence electrons. The van der Waals surface area contributed by atoms with Gasteiger partial charge in [-0.25, -0.2) is 9.18 Å². The molecular formula is C27H34F4N2O3. The Morgan fingerprint density at radius 3 is 2.36 bits per heavy atom. The molecule has 1 saturated heterocycles. The van der Waals surface area contributed by atoms with Crippen molar-refractivity contribution >= 4 is 11.8 Å². The summed E-state index contributed by atoms with van der Waals surface area (Å²) in [5.41, 5.74) is -0.209. The largest absolute Gasteiger partial charge is 0.441 e. The Morgan fingerprint density at radius 2 is 1.78 bits per heavy atom. The van der Waals surface area contributed by atoms with Gasteiger partial charge in [0.15, 0.2) is 0 Å². The fourth-order valence-electron chi connectivity index (χ4n) is 4.00. The number of hydrogen-bond acceptors (Lipinski definition) is 4. The molecule has 1 amide bonds. The van der Waals surface area contributed by atoms with E-state index < -0.39 is 35.7 Å². The molecule has 9 heteroatoms. The summed E-state index contributed by atoms with van der Waals surface area (Å²) < 4.78 is 64.8. The number of carbonyl (C=O) groups excluding carboxylic acids is 1. The number of carbonyl (C=O) groups is 1. The number of halogens is 4. The van der Waals surface area contributed by atoms with Gasteiger partial charge in [-0.2, -0.15) is 13.2 Å². The highest BCUT2D eigenvalue weighted by Crippen LogP contribution is 2.31. The first kappa shape index (κ1) is 27.9. The van der Waals surface area contributed by atoms with Crippen LogP contribution in [0.25, 0.3) is 0 Å². The molecule has 0 aromatic heterocycles. The van der Waals surface area contributed by atoms with E-state index in [0.29, 0.717) is 30.9 Å². The van der Waals surface area contributed by atoms with Gasteiger partial charge in [0.25, 0.3) is 0 Å². The summed E-state index contributed by atoms with van der Waals surface area (Å²) in [6, 6.07) is 12.3. The van der Waals surface area contributed by atoms with Gasteiger partial charge in [-0.1, -0.05) is 37.6 Å². The highest BCUT2D eigenvalue weighted by atomic mass is 19.4. The van der Waals surface area contributed by atoms with Gasteiger partial charge in [-0.05, 0) is 62.1 Å². The van der Waals surface area contributed by atoms with E-state index in [0.717, 1.165) is 31.4 Å². The smallest absolute Gasteiger partial charge is 0.416 e. The van der Waals surface area contributed by atoms with Crippen LogP contribution >= 0.6 is 0 Å². The van der Waals surface area contributed by atoms with Crippen LogP contribution in [0.3, 0.4) is 0 Å². The number of morpholine rings is 1. The number of nitrogens with one attached hydrogen (secondary N) is 1. The Bertz CT molecular complexity index is 972. The molecule has 0 aliphatic carbocycles. The van der Waals surface area contributed by atoms with Crippen molar-refractivity contribution in [2.45, 2.75) is 64.1 Å². The number of amides is 1. The molecule has 1 N–H and O–H groups in total. The van der Waals surface area contributed by atoms with Gasteiger partial charge in [-0.15, -0.1) is 0 Å². The maximum Gasteiger partial charge on any atom is 0.416 e. The minimum Gasteiger partial charge on any atom is -0.441 e. The number of rotatable bonds is 9. The fourth-order valence-corrected chi connectivity index (χ4v) is 4.00. The second-order valence-electron chi connectivity index (χ2n) is 9.62. The third-order valence-electron chi connectivity index (χ3n) is 6.22. The van der Waals surface area contributed by atoms with Crippen molar-refractivity contribution in [3.63, 3.8) is 0 Å². The van der Waals surface area contributed by atoms with E-state index in [1.807, 2.05) is 17.0 Å². The van der Waals surface area contributed by atoms with Crippen molar-refractivity contribution in [3.05, 3.63) is 65.2 Å². The number of alkyl halides is 4. The third kappa shape index (κ3) is 8.20. The molecule has 0 bridgehead atoms. The maximum absolute atomic E-state index is 15.0. The summed E-state index contributed by atoms with van der Waals surface area (Å²) in [5.74, 6) is 0. The second-order valence-corrected chi connectivity index (χ2v) is 9.62. The van der Waals surface area contributed by atoms with Crippen molar-refractivity contribution in [1.82, 2.24) is 4.90 Å². The molecule has 36 heavy (non-hydrogen) atoms. The molecule has 2 aromatic rings. The minimum atomic E-state index is -4.41. The summed E-state index contributed by atoms with van der Waals surface area (Å²) in [4.78, 5) is 14.4. The van der Waals surface area contributed by atoms with E-state index in [4.69, 9.17) is 9.47 Å². The number of unbranched alkanes of at least 4 members (excludes halogenated alkanes) is 1. The molecule has 2 unspecified atom stereocenters. The SMILES string of the molecule is CCCCc1ccc(NC(=O)OC(CN2CCOC(c3ccc(C(F)(F)F)cc3)C2)C(C)(C)F)cc1. The van der Waals surface area contributed by atoms with Crippen LogP contribution in [0.5, 0.6) is 0 Å². The van der Waals surface area contributed by atoms with Crippen LogP contribution in [-0.2, 0) is 22.1 Å². The average molecular weight is 511 g/mol. The number of hydrogen-bond donors (Lipinski definition) is 1. The molecule has 1 aliphatic heterocycles. The Kier molecular flexibility index (Phi) is 9.35. The van der Waals surface area contributed by atoms with Gasteiger partial charge in [0.05, 0.1) is 18.3 Å². The Hall–Kier alpha value is -2.65. The van der Waals surface area contributed by atoms with Crippen molar-refractivity contribution in [2.75, 3.05) is 31.6 Å². The topological polar surface area (TPSA) is 50.8 Å². The zero-order valence-electron chi connectivity index (χ0n) is 20.9.